The first-order valence-electron chi connectivity index (χ1n) is 12.3. The number of carbonyl (C=O) groups excluding carboxylic acids is 2. The molecule has 0 radical (unpaired) electrons. The van der Waals surface area contributed by atoms with Crippen LogP contribution in [0.2, 0.25) is 0 Å². The second kappa shape index (κ2) is 11.7. The highest BCUT2D eigenvalue weighted by Gasteiger charge is 2.55. The highest BCUT2D eigenvalue weighted by molar-refractivity contribution is 6.01. The lowest BCUT2D eigenvalue weighted by atomic mass is 9.85. The first-order chi connectivity index (χ1) is 17.5. The van der Waals surface area contributed by atoms with Crippen LogP contribution in [-0.2, 0) is 32.3 Å². The van der Waals surface area contributed by atoms with Gasteiger partial charge in [-0.05, 0) is 42.4 Å². The lowest BCUT2D eigenvalue weighted by Crippen LogP contribution is -2.40. The maximum atomic E-state index is 13.5. The third kappa shape index (κ3) is 6.01. The van der Waals surface area contributed by atoms with E-state index in [0.29, 0.717) is 12.8 Å². The third-order valence-electron chi connectivity index (χ3n) is 6.78. The average Bonchev–Trinajstić information content (AvgIpc) is 3.29. The van der Waals surface area contributed by atoms with Crippen LogP contribution in [0.1, 0.15) is 43.4 Å². The quantitative estimate of drug-likeness (QED) is 0.259. The van der Waals surface area contributed by atoms with Crippen molar-refractivity contribution in [3.8, 4) is 0 Å². The van der Waals surface area contributed by atoms with Crippen LogP contribution in [0, 0.1) is 11.3 Å². The summed E-state index contributed by atoms with van der Waals surface area (Å²) in [5.41, 5.74) is 3.62. The van der Waals surface area contributed by atoms with Crippen LogP contribution < -0.4 is 0 Å². The van der Waals surface area contributed by atoms with Crippen molar-refractivity contribution in [3.63, 3.8) is 0 Å². The Morgan fingerprint density at radius 1 is 0.806 bits per heavy atom. The standard InChI is InChI=1S/C32H32O4/c1-24(18-19-26-12-6-3-7-13-26)29-21-32(20-25(29)2,30(33)35-22-27-14-8-4-9-15-27)31(34)36-23-28-16-10-5-11-17-28/h3-19,25H,20-23H2,1-2H3/b19-18+,29-24-. The van der Waals surface area contributed by atoms with Gasteiger partial charge in [-0.3, -0.25) is 9.59 Å². The molecular weight excluding hydrogens is 448 g/mol. The summed E-state index contributed by atoms with van der Waals surface area (Å²) in [4.78, 5) is 27.0. The largest absolute Gasteiger partial charge is 0.460 e. The zero-order valence-electron chi connectivity index (χ0n) is 20.9. The number of hydrogen-bond donors (Lipinski definition) is 0. The van der Waals surface area contributed by atoms with Crippen LogP contribution in [0.3, 0.4) is 0 Å². The lowest BCUT2D eigenvalue weighted by molar-refractivity contribution is -0.174. The van der Waals surface area contributed by atoms with E-state index in [4.69, 9.17) is 9.47 Å². The van der Waals surface area contributed by atoms with Gasteiger partial charge < -0.3 is 9.47 Å². The van der Waals surface area contributed by atoms with Gasteiger partial charge in [0.1, 0.15) is 13.2 Å². The van der Waals surface area contributed by atoms with Crippen LogP contribution in [0.4, 0.5) is 0 Å². The Labute approximate surface area is 213 Å². The van der Waals surface area contributed by atoms with E-state index in [-0.39, 0.29) is 19.1 Å². The predicted octanol–water partition coefficient (Wildman–Crippen LogP) is 6.92. The molecule has 0 spiro atoms. The molecule has 3 aromatic carbocycles. The summed E-state index contributed by atoms with van der Waals surface area (Å²) < 4.78 is 11.4. The molecule has 1 unspecified atom stereocenters. The van der Waals surface area contributed by atoms with Gasteiger partial charge in [0.25, 0.3) is 0 Å². The van der Waals surface area contributed by atoms with Crippen molar-refractivity contribution >= 4 is 18.0 Å². The minimum Gasteiger partial charge on any atom is -0.460 e. The number of carbonyl (C=O) groups is 2. The van der Waals surface area contributed by atoms with Gasteiger partial charge in [-0.15, -0.1) is 0 Å². The fourth-order valence-corrected chi connectivity index (χ4v) is 4.75. The molecular formula is C32H32O4. The molecule has 4 heteroatoms. The predicted molar refractivity (Wildman–Crippen MR) is 141 cm³/mol. The zero-order chi connectivity index (χ0) is 25.4. The second-order valence-electron chi connectivity index (χ2n) is 9.44. The van der Waals surface area contributed by atoms with E-state index in [0.717, 1.165) is 27.8 Å². The van der Waals surface area contributed by atoms with E-state index in [1.807, 2.05) is 97.9 Å². The minimum atomic E-state index is -1.36. The van der Waals surface area contributed by atoms with Crippen LogP contribution in [0.15, 0.2) is 108 Å². The van der Waals surface area contributed by atoms with E-state index in [1.54, 1.807) is 0 Å². The van der Waals surface area contributed by atoms with E-state index >= 15 is 0 Å². The Kier molecular flexibility index (Phi) is 8.17. The van der Waals surface area contributed by atoms with Crippen LogP contribution in [-0.4, -0.2) is 11.9 Å². The molecule has 0 saturated heterocycles. The summed E-state index contributed by atoms with van der Waals surface area (Å²) in [6.07, 6.45) is 4.76. The summed E-state index contributed by atoms with van der Waals surface area (Å²) in [6.45, 7) is 4.33. The van der Waals surface area contributed by atoms with Gasteiger partial charge in [0.05, 0.1) is 0 Å². The van der Waals surface area contributed by atoms with Gasteiger partial charge in [0.15, 0.2) is 5.41 Å². The van der Waals surface area contributed by atoms with Crippen LogP contribution in [0.5, 0.6) is 0 Å². The molecule has 1 fully saturated rings. The maximum Gasteiger partial charge on any atom is 0.324 e. The number of allylic oxidation sites excluding steroid dienone is 3. The molecule has 1 atom stereocenters. The molecule has 0 amide bonds. The molecule has 4 rings (SSSR count). The lowest BCUT2D eigenvalue weighted by Gasteiger charge is -2.25. The zero-order valence-corrected chi connectivity index (χ0v) is 20.9. The van der Waals surface area contributed by atoms with Gasteiger partial charge in [-0.25, -0.2) is 0 Å². The molecule has 1 saturated carbocycles. The van der Waals surface area contributed by atoms with E-state index < -0.39 is 17.4 Å². The van der Waals surface area contributed by atoms with Crippen molar-refractivity contribution in [1.82, 2.24) is 0 Å². The van der Waals surface area contributed by atoms with Crippen molar-refractivity contribution in [3.05, 3.63) is 125 Å². The summed E-state index contributed by atoms with van der Waals surface area (Å²) in [5, 5.41) is 0. The fraction of sp³-hybridized carbons (Fsp3) is 0.250. The Morgan fingerprint density at radius 3 is 1.78 bits per heavy atom. The molecule has 0 heterocycles. The first kappa shape index (κ1) is 25.2. The molecule has 0 aliphatic heterocycles. The topological polar surface area (TPSA) is 52.6 Å². The number of esters is 2. The van der Waals surface area contributed by atoms with Gasteiger partial charge in [-0.1, -0.05) is 121 Å². The van der Waals surface area contributed by atoms with E-state index in [1.165, 1.54) is 0 Å². The van der Waals surface area contributed by atoms with E-state index in [2.05, 4.69) is 19.1 Å². The number of hydrogen-bond acceptors (Lipinski definition) is 4. The number of rotatable bonds is 8. The smallest absolute Gasteiger partial charge is 0.324 e. The Bertz CT molecular complexity index is 1170. The third-order valence-corrected chi connectivity index (χ3v) is 6.78. The van der Waals surface area contributed by atoms with Gasteiger partial charge in [0, 0.05) is 0 Å². The fourth-order valence-electron chi connectivity index (χ4n) is 4.75. The summed E-state index contributed by atoms with van der Waals surface area (Å²) in [6, 6.07) is 29.1. The van der Waals surface area contributed by atoms with Gasteiger partial charge in [0.2, 0.25) is 0 Å². The summed E-state index contributed by atoms with van der Waals surface area (Å²) in [5.74, 6) is -1.00. The molecule has 1 aliphatic rings. The molecule has 0 bridgehead atoms. The Morgan fingerprint density at radius 2 is 1.28 bits per heavy atom. The second-order valence-corrected chi connectivity index (χ2v) is 9.44. The average molecular weight is 481 g/mol. The molecule has 184 valence electrons. The number of benzene rings is 3. The van der Waals surface area contributed by atoms with Gasteiger partial charge in [-0.2, -0.15) is 0 Å². The highest BCUT2D eigenvalue weighted by Crippen LogP contribution is 2.48. The summed E-state index contributed by atoms with van der Waals surface area (Å²) >= 11 is 0. The molecule has 0 N–H and O–H groups in total. The van der Waals surface area contributed by atoms with Crippen LogP contribution >= 0.6 is 0 Å². The summed E-state index contributed by atoms with van der Waals surface area (Å²) in [7, 11) is 0. The van der Waals surface area contributed by atoms with Crippen molar-refractivity contribution in [2.45, 2.75) is 39.9 Å². The van der Waals surface area contributed by atoms with Crippen molar-refractivity contribution in [1.29, 1.82) is 0 Å². The number of ether oxygens (including phenoxy) is 2. The van der Waals surface area contributed by atoms with Crippen LogP contribution in [0.25, 0.3) is 6.08 Å². The van der Waals surface area contributed by atoms with Crippen molar-refractivity contribution in [2.75, 3.05) is 0 Å². The molecule has 1 aliphatic carbocycles. The molecule has 4 nitrogen and oxygen atoms in total. The normalized spacial score (nSPS) is 18.1. The molecule has 3 aromatic rings. The monoisotopic (exact) mass is 480 g/mol. The first-order valence-corrected chi connectivity index (χ1v) is 12.3. The van der Waals surface area contributed by atoms with Gasteiger partial charge >= 0.3 is 11.9 Å². The Hall–Kier alpha value is -3.92. The molecule has 0 aromatic heterocycles. The van der Waals surface area contributed by atoms with Crippen molar-refractivity contribution < 1.29 is 19.1 Å². The molecule has 36 heavy (non-hydrogen) atoms. The maximum absolute atomic E-state index is 13.5. The Balaban J connectivity index is 1.57. The minimum absolute atomic E-state index is 0.0407. The van der Waals surface area contributed by atoms with E-state index in [9.17, 15) is 9.59 Å². The van der Waals surface area contributed by atoms with Crippen molar-refractivity contribution in [2.24, 2.45) is 11.3 Å². The SMILES string of the molecule is CC(/C=C/c1ccccc1)=C1\CC(C(=O)OCc2ccccc2)(C(=O)OCc2ccccc2)CC1C. The highest BCUT2D eigenvalue weighted by atomic mass is 16.6.